The van der Waals surface area contributed by atoms with Crippen molar-refractivity contribution < 1.29 is 5.11 Å². The van der Waals surface area contributed by atoms with Crippen LogP contribution in [0.1, 0.15) is 6.42 Å². The smallest absolute Gasteiger partial charge is 0.0514 e. The minimum absolute atomic E-state index is 0.0525. The van der Waals surface area contributed by atoms with Crippen LogP contribution in [0.3, 0.4) is 0 Å². The van der Waals surface area contributed by atoms with Crippen LogP contribution in [0.5, 0.6) is 0 Å². The Bertz CT molecular complexity index is 90.5. The predicted octanol–water partition coefficient (Wildman–Crippen LogP) is 1.46. The molecule has 2 heteroatoms. The van der Waals surface area contributed by atoms with E-state index in [-0.39, 0.29) is 6.10 Å². The summed E-state index contributed by atoms with van der Waals surface area (Å²) in [7, 11) is -0.853. The Morgan fingerprint density at radius 1 is 1.50 bits per heavy atom. The van der Waals surface area contributed by atoms with Crippen molar-refractivity contribution in [3.05, 3.63) is 0 Å². The number of hydrogen-bond acceptors (Lipinski definition) is 1. The van der Waals surface area contributed by atoms with Gasteiger partial charge in [0.25, 0.3) is 0 Å². The van der Waals surface area contributed by atoms with Gasteiger partial charge in [-0.25, -0.2) is 0 Å². The van der Waals surface area contributed by atoms with Gasteiger partial charge in [-0.1, -0.05) is 19.1 Å². The van der Waals surface area contributed by atoms with E-state index in [4.69, 9.17) is 5.11 Å². The quantitative estimate of drug-likeness (QED) is 0.492. The third-order valence-electron chi connectivity index (χ3n) is 1.94. The molecular formula is C6H14OSi. The lowest BCUT2D eigenvalue weighted by molar-refractivity contribution is 0.199. The fourth-order valence-electron chi connectivity index (χ4n) is 1.40. The van der Waals surface area contributed by atoms with Gasteiger partial charge in [0, 0.05) is 0 Å². The molecule has 0 saturated carbocycles. The SMILES string of the molecule is C[Si]1(C)CCC(O)C1. The molecule has 1 fully saturated rings. The van der Waals surface area contributed by atoms with E-state index < -0.39 is 8.07 Å². The standard InChI is InChI=1S/C6H14OSi/c1-8(2)4-3-6(7)5-8/h6-7H,3-5H2,1-2H3. The second kappa shape index (κ2) is 1.85. The van der Waals surface area contributed by atoms with Crippen molar-refractivity contribution in [3.63, 3.8) is 0 Å². The van der Waals surface area contributed by atoms with Crippen molar-refractivity contribution in [1.29, 1.82) is 0 Å². The molecule has 0 aromatic rings. The van der Waals surface area contributed by atoms with E-state index in [9.17, 15) is 0 Å². The van der Waals surface area contributed by atoms with E-state index in [0.717, 1.165) is 12.5 Å². The zero-order valence-electron chi connectivity index (χ0n) is 5.65. The molecule has 0 radical (unpaired) electrons. The van der Waals surface area contributed by atoms with E-state index in [0.29, 0.717) is 0 Å². The third-order valence-corrected chi connectivity index (χ3v) is 5.16. The predicted molar refractivity (Wildman–Crippen MR) is 37.7 cm³/mol. The molecule has 0 aliphatic carbocycles. The Kier molecular flexibility index (Phi) is 1.45. The average molecular weight is 130 g/mol. The Balaban J connectivity index is 2.44. The minimum atomic E-state index is -0.853. The maximum atomic E-state index is 9.10. The van der Waals surface area contributed by atoms with Crippen LogP contribution in [0.4, 0.5) is 0 Å². The highest BCUT2D eigenvalue weighted by Crippen LogP contribution is 2.29. The highest BCUT2D eigenvalue weighted by Gasteiger charge is 2.30. The molecule has 1 saturated heterocycles. The largest absolute Gasteiger partial charge is 0.393 e. The van der Waals surface area contributed by atoms with Crippen LogP contribution in [-0.4, -0.2) is 19.3 Å². The molecule has 1 heterocycles. The summed E-state index contributed by atoms with van der Waals surface area (Å²) in [6, 6.07) is 2.46. The number of hydrogen-bond donors (Lipinski definition) is 1. The molecule has 1 aliphatic heterocycles. The van der Waals surface area contributed by atoms with Gasteiger partial charge >= 0.3 is 0 Å². The van der Waals surface area contributed by atoms with Gasteiger partial charge in [-0.3, -0.25) is 0 Å². The minimum Gasteiger partial charge on any atom is -0.393 e. The molecule has 1 N–H and O–H groups in total. The summed E-state index contributed by atoms with van der Waals surface area (Å²) >= 11 is 0. The van der Waals surface area contributed by atoms with Crippen LogP contribution in [0.15, 0.2) is 0 Å². The molecule has 0 amide bonds. The van der Waals surface area contributed by atoms with Gasteiger partial charge in [0.1, 0.15) is 0 Å². The fraction of sp³-hybridized carbons (Fsp3) is 1.00. The number of aliphatic hydroxyl groups excluding tert-OH is 1. The zero-order chi connectivity index (χ0) is 6.20. The van der Waals surface area contributed by atoms with Gasteiger partial charge < -0.3 is 5.11 Å². The Morgan fingerprint density at radius 3 is 2.25 bits per heavy atom. The number of aliphatic hydroxyl groups is 1. The zero-order valence-corrected chi connectivity index (χ0v) is 6.65. The van der Waals surface area contributed by atoms with E-state index in [1.165, 1.54) is 6.04 Å². The maximum Gasteiger partial charge on any atom is 0.0514 e. The lowest BCUT2D eigenvalue weighted by atomic mass is 10.3. The summed E-state index contributed by atoms with van der Waals surface area (Å²) in [4.78, 5) is 0. The van der Waals surface area contributed by atoms with Gasteiger partial charge in [-0.2, -0.15) is 0 Å². The second-order valence-corrected chi connectivity index (χ2v) is 8.80. The lowest BCUT2D eigenvalue weighted by Gasteiger charge is -2.11. The van der Waals surface area contributed by atoms with Crippen LogP contribution in [-0.2, 0) is 0 Å². The topological polar surface area (TPSA) is 20.2 Å². The summed E-state index contributed by atoms with van der Waals surface area (Å²) in [5, 5.41) is 9.10. The van der Waals surface area contributed by atoms with Crippen molar-refractivity contribution >= 4 is 8.07 Å². The Labute approximate surface area is 51.7 Å². The van der Waals surface area contributed by atoms with Crippen LogP contribution >= 0.6 is 0 Å². The molecule has 1 unspecified atom stereocenters. The van der Waals surface area contributed by atoms with Crippen molar-refractivity contribution in [2.45, 2.75) is 37.7 Å². The highest BCUT2D eigenvalue weighted by molar-refractivity contribution is 6.78. The molecule has 1 nitrogen and oxygen atoms in total. The van der Waals surface area contributed by atoms with Crippen LogP contribution in [0, 0.1) is 0 Å². The summed E-state index contributed by atoms with van der Waals surface area (Å²) < 4.78 is 0. The molecule has 1 aliphatic rings. The molecule has 1 rings (SSSR count). The molecule has 0 bridgehead atoms. The van der Waals surface area contributed by atoms with Crippen molar-refractivity contribution in [1.82, 2.24) is 0 Å². The van der Waals surface area contributed by atoms with Crippen molar-refractivity contribution in [2.75, 3.05) is 0 Å². The van der Waals surface area contributed by atoms with E-state index in [1.807, 2.05) is 0 Å². The lowest BCUT2D eigenvalue weighted by Crippen LogP contribution is -2.20. The van der Waals surface area contributed by atoms with Crippen molar-refractivity contribution in [3.8, 4) is 0 Å². The van der Waals surface area contributed by atoms with E-state index in [1.54, 1.807) is 0 Å². The first-order valence-electron chi connectivity index (χ1n) is 3.28. The van der Waals surface area contributed by atoms with Crippen molar-refractivity contribution in [2.24, 2.45) is 0 Å². The van der Waals surface area contributed by atoms with Gasteiger partial charge in [-0.15, -0.1) is 0 Å². The first-order valence-corrected chi connectivity index (χ1v) is 6.70. The van der Waals surface area contributed by atoms with Gasteiger partial charge in [-0.05, 0) is 12.5 Å². The number of rotatable bonds is 0. The molecule has 8 heavy (non-hydrogen) atoms. The molecule has 0 aromatic carbocycles. The van der Waals surface area contributed by atoms with Gasteiger partial charge in [0.2, 0.25) is 0 Å². The second-order valence-electron chi connectivity index (χ2n) is 3.56. The van der Waals surface area contributed by atoms with E-state index >= 15 is 0 Å². The van der Waals surface area contributed by atoms with Crippen LogP contribution in [0.2, 0.25) is 25.2 Å². The first kappa shape index (κ1) is 6.30. The first-order chi connectivity index (χ1) is 3.60. The van der Waals surface area contributed by atoms with Gasteiger partial charge in [0.15, 0.2) is 0 Å². The van der Waals surface area contributed by atoms with E-state index in [2.05, 4.69) is 13.1 Å². The third kappa shape index (κ3) is 1.33. The highest BCUT2D eigenvalue weighted by atomic mass is 28.3. The van der Waals surface area contributed by atoms with Crippen LogP contribution in [0.25, 0.3) is 0 Å². The molecule has 1 atom stereocenters. The Morgan fingerprint density at radius 2 is 2.12 bits per heavy atom. The Hall–Kier alpha value is 0.177. The molecule has 48 valence electrons. The summed E-state index contributed by atoms with van der Waals surface area (Å²) in [6.45, 7) is 4.70. The molecular weight excluding hydrogens is 116 g/mol. The molecule has 0 aromatic heterocycles. The molecule has 0 spiro atoms. The normalized spacial score (nSPS) is 35.6. The monoisotopic (exact) mass is 130 g/mol. The average Bonchev–Trinajstić information content (AvgIpc) is 1.82. The maximum absolute atomic E-state index is 9.10. The van der Waals surface area contributed by atoms with Gasteiger partial charge in [0.05, 0.1) is 14.2 Å². The summed E-state index contributed by atoms with van der Waals surface area (Å²) in [5.74, 6) is 0. The van der Waals surface area contributed by atoms with Crippen LogP contribution < -0.4 is 0 Å². The summed E-state index contributed by atoms with van der Waals surface area (Å²) in [5.41, 5.74) is 0. The fourth-order valence-corrected chi connectivity index (χ4v) is 4.20. The summed E-state index contributed by atoms with van der Waals surface area (Å²) in [6.07, 6.45) is 1.12.